The molecule has 0 radical (unpaired) electrons. The second-order valence-electron chi connectivity index (χ2n) is 6.48. The van der Waals surface area contributed by atoms with Crippen LogP contribution in [0.2, 0.25) is 0 Å². The van der Waals surface area contributed by atoms with E-state index >= 15 is 0 Å². The first-order valence-electron chi connectivity index (χ1n) is 8.54. The van der Waals surface area contributed by atoms with Gasteiger partial charge < -0.3 is 10.2 Å². The maximum absolute atomic E-state index is 12.2. The first kappa shape index (κ1) is 18.7. The van der Waals surface area contributed by atoms with E-state index in [1.165, 1.54) is 12.5 Å². The predicted molar refractivity (Wildman–Crippen MR) is 102 cm³/mol. The molecule has 0 aromatic heterocycles. The summed E-state index contributed by atoms with van der Waals surface area (Å²) in [6, 6.07) is 14.1. The lowest BCUT2D eigenvalue weighted by Crippen LogP contribution is -2.34. The van der Waals surface area contributed by atoms with E-state index < -0.39 is 0 Å². The van der Waals surface area contributed by atoms with Crippen molar-refractivity contribution in [2.75, 3.05) is 11.4 Å². The molecule has 0 unspecified atom stereocenters. The van der Waals surface area contributed by atoms with E-state index in [0.29, 0.717) is 13.1 Å². The molecule has 4 heteroatoms. The largest absolute Gasteiger partial charge is 0.352 e. The van der Waals surface area contributed by atoms with Crippen molar-refractivity contribution < 1.29 is 9.59 Å². The van der Waals surface area contributed by atoms with Gasteiger partial charge in [-0.1, -0.05) is 42.0 Å². The Morgan fingerprint density at radius 3 is 2.40 bits per heavy atom. The monoisotopic (exact) mass is 338 g/mol. The molecule has 0 heterocycles. The van der Waals surface area contributed by atoms with Crippen LogP contribution in [0.5, 0.6) is 0 Å². The summed E-state index contributed by atoms with van der Waals surface area (Å²) in [7, 11) is 0. The van der Waals surface area contributed by atoms with Crippen molar-refractivity contribution in [2.45, 2.75) is 40.7 Å². The number of anilines is 1. The average molecular weight is 338 g/mol. The molecular formula is C21H26N2O2. The van der Waals surface area contributed by atoms with Crippen LogP contribution in [0, 0.1) is 20.8 Å². The van der Waals surface area contributed by atoms with Crippen LogP contribution in [-0.2, 0) is 16.1 Å². The predicted octanol–water partition coefficient (Wildman–Crippen LogP) is 3.67. The van der Waals surface area contributed by atoms with E-state index in [1.807, 2.05) is 57.2 Å². The van der Waals surface area contributed by atoms with Gasteiger partial charge in [-0.3, -0.25) is 9.59 Å². The van der Waals surface area contributed by atoms with Crippen molar-refractivity contribution >= 4 is 17.5 Å². The Bertz CT molecular complexity index is 768. The number of rotatable bonds is 6. The van der Waals surface area contributed by atoms with Crippen LogP contribution in [0.15, 0.2) is 42.5 Å². The normalized spacial score (nSPS) is 10.4. The number of nitrogens with one attached hydrogen (secondary N) is 1. The van der Waals surface area contributed by atoms with Crippen molar-refractivity contribution in [3.63, 3.8) is 0 Å². The van der Waals surface area contributed by atoms with Gasteiger partial charge in [0, 0.05) is 32.1 Å². The number of hydrogen-bond acceptors (Lipinski definition) is 2. The molecule has 1 N–H and O–H groups in total. The van der Waals surface area contributed by atoms with E-state index in [0.717, 1.165) is 22.4 Å². The fraction of sp³-hybridized carbons (Fsp3) is 0.333. The Morgan fingerprint density at radius 1 is 1.00 bits per heavy atom. The summed E-state index contributed by atoms with van der Waals surface area (Å²) in [5.41, 5.74) is 5.24. The van der Waals surface area contributed by atoms with Crippen LogP contribution in [0.1, 0.15) is 35.6 Å². The van der Waals surface area contributed by atoms with E-state index in [9.17, 15) is 9.59 Å². The van der Waals surface area contributed by atoms with Crippen LogP contribution < -0.4 is 10.2 Å². The maximum Gasteiger partial charge on any atom is 0.223 e. The zero-order valence-corrected chi connectivity index (χ0v) is 15.4. The highest BCUT2D eigenvalue weighted by atomic mass is 16.2. The Kier molecular flexibility index (Phi) is 6.34. The van der Waals surface area contributed by atoms with E-state index in [2.05, 4.69) is 11.4 Å². The molecule has 2 aromatic carbocycles. The van der Waals surface area contributed by atoms with Crippen molar-refractivity contribution in [3.8, 4) is 0 Å². The van der Waals surface area contributed by atoms with Crippen molar-refractivity contribution in [2.24, 2.45) is 0 Å². The Labute approximate surface area is 149 Å². The minimum Gasteiger partial charge on any atom is -0.352 e. The number of aryl methyl sites for hydroxylation is 3. The SMILES string of the molecule is CC(=O)N(CCC(=O)NCc1cccc(C)c1)c1cc(C)ccc1C. The highest BCUT2D eigenvalue weighted by Gasteiger charge is 2.15. The van der Waals surface area contributed by atoms with Crippen molar-refractivity contribution in [1.29, 1.82) is 0 Å². The summed E-state index contributed by atoms with van der Waals surface area (Å²) in [5, 5.41) is 2.92. The number of hydrogen-bond donors (Lipinski definition) is 1. The zero-order chi connectivity index (χ0) is 18.4. The van der Waals surface area contributed by atoms with Gasteiger partial charge in [-0.15, -0.1) is 0 Å². The summed E-state index contributed by atoms with van der Waals surface area (Å²) >= 11 is 0. The van der Waals surface area contributed by atoms with Gasteiger partial charge in [0.2, 0.25) is 11.8 Å². The van der Waals surface area contributed by atoms with Gasteiger partial charge in [0.25, 0.3) is 0 Å². The molecule has 4 nitrogen and oxygen atoms in total. The van der Waals surface area contributed by atoms with Gasteiger partial charge in [0.05, 0.1) is 0 Å². The van der Waals surface area contributed by atoms with E-state index in [1.54, 1.807) is 4.90 Å². The molecular weight excluding hydrogens is 312 g/mol. The fourth-order valence-corrected chi connectivity index (χ4v) is 2.78. The lowest BCUT2D eigenvalue weighted by atomic mass is 10.1. The molecule has 2 aromatic rings. The minimum absolute atomic E-state index is 0.0554. The van der Waals surface area contributed by atoms with Crippen molar-refractivity contribution in [3.05, 3.63) is 64.7 Å². The Balaban J connectivity index is 1.95. The molecule has 0 aliphatic heterocycles. The van der Waals surface area contributed by atoms with E-state index in [4.69, 9.17) is 0 Å². The molecule has 132 valence electrons. The van der Waals surface area contributed by atoms with Crippen LogP contribution in [-0.4, -0.2) is 18.4 Å². The minimum atomic E-state index is -0.0573. The number of nitrogens with zero attached hydrogens (tertiary/aromatic N) is 1. The molecule has 0 fully saturated rings. The molecule has 0 saturated carbocycles. The zero-order valence-electron chi connectivity index (χ0n) is 15.4. The third kappa shape index (κ3) is 5.45. The summed E-state index contributed by atoms with van der Waals surface area (Å²) < 4.78 is 0. The van der Waals surface area contributed by atoms with Gasteiger partial charge in [0.15, 0.2) is 0 Å². The Hall–Kier alpha value is -2.62. The van der Waals surface area contributed by atoms with Gasteiger partial charge in [-0.2, -0.15) is 0 Å². The lowest BCUT2D eigenvalue weighted by Gasteiger charge is -2.23. The van der Waals surface area contributed by atoms with Crippen LogP contribution in [0.4, 0.5) is 5.69 Å². The number of amides is 2. The smallest absolute Gasteiger partial charge is 0.223 e. The van der Waals surface area contributed by atoms with Gasteiger partial charge >= 0.3 is 0 Å². The standard InChI is InChI=1S/C21H26N2O2/c1-15-6-5-7-19(12-15)14-22-21(25)10-11-23(18(4)24)20-13-16(2)8-9-17(20)3/h5-9,12-13H,10-11,14H2,1-4H3,(H,22,25). The van der Waals surface area contributed by atoms with Crippen LogP contribution >= 0.6 is 0 Å². The topological polar surface area (TPSA) is 49.4 Å². The number of benzene rings is 2. The molecule has 2 amide bonds. The first-order chi connectivity index (χ1) is 11.9. The van der Waals surface area contributed by atoms with E-state index in [-0.39, 0.29) is 18.2 Å². The van der Waals surface area contributed by atoms with Gasteiger partial charge in [-0.05, 0) is 43.5 Å². The summed E-state index contributed by atoms with van der Waals surface area (Å²) in [4.78, 5) is 25.9. The van der Waals surface area contributed by atoms with Crippen LogP contribution in [0.25, 0.3) is 0 Å². The molecule has 0 aliphatic carbocycles. The quantitative estimate of drug-likeness (QED) is 0.873. The third-order valence-corrected chi connectivity index (χ3v) is 4.17. The number of carbonyl (C=O) groups excluding carboxylic acids is 2. The second-order valence-corrected chi connectivity index (χ2v) is 6.48. The summed E-state index contributed by atoms with van der Waals surface area (Å²) in [6.45, 7) is 8.41. The molecule has 0 bridgehead atoms. The van der Waals surface area contributed by atoms with Gasteiger partial charge in [-0.25, -0.2) is 0 Å². The lowest BCUT2D eigenvalue weighted by molar-refractivity contribution is -0.121. The molecule has 0 spiro atoms. The molecule has 2 rings (SSSR count). The molecule has 0 saturated heterocycles. The third-order valence-electron chi connectivity index (χ3n) is 4.17. The maximum atomic E-state index is 12.2. The summed E-state index contributed by atoms with van der Waals surface area (Å²) in [5.74, 6) is -0.113. The highest BCUT2D eigenvalue weighted by molar-refractivity contribution is 5.93. The fourth-order valence-electron chi connectivity index (χ4n) is 2.78. The first-order valence-corrected chi connectivity index (χ1v) is 8.54. The summed E-state index contributed by atoms with van der Waals surface area (Å²) in [6.07, 6.45) is 0.277. The average Bonchev–Trinajstić information content (AvgIpc) is 2.56. The molecule has 0 aliphatic rings. The highest BCUT2D eigenvalue weighted by Crippen LogP contribution is 2.22. The molecule has 0 atom stereocenters. The Morgan fingerprint density at radius 2 is 1.72 bits per heavy atom. The van der Waals surface area contributed by atoms with Crippen molar-refractivity contribution in [1.82, 2.24) is 5.32 Å². The van der Waals surface area contributed by atoms with Gasteiger partial charge in [0.1, 0.15) is 0 Å². The number of carbonyl (C=O) groups is 2. The molecule has 25 heavy (non-hydrogen) atoms. The second kappa shape index (κ2) is 8.47. The van der Waals surface area contributed by atoms with Crippen LogP contribution in [0.3, 0.4) is 0 Å².